The number of nitrogens with one attached hydrogen (secondary N) is 1. The highest BCUT2D eigenvalue weighted by atomic mass is 79.9. The predicted octanol–water partition coefficient (Wildman–Crippen LogP) is 3.65. The number of fused-ring (bicyclic) bond motifs is 1. The van der Waals surface area contributed by atoms with Crippen LogP contribution in [-0.2, 0) is 11.2 Å². The van der Waals surface area contributed by atoms with Gasteiger partial charge in [0.15, 0.2) is 0 Å². The second-order valence-electron chi connectivity index (χ2n) is 5.44. The van der Waals surface area contributed by atoms with Crippen LogP contribution < -0.4 is 0 Å². The fraction of sp³-hybridized carbons (Fsp3) is 0.429. The largest absolute Gasteiger partial charge is 0.481 e. The van der Waals surface area contributed by atoms with E-state index in [9.17, 15) is 14.3 Å². The highest BCUT2D eigenvalue weighted by molar-refractivity contribution is 9.10. The van der Waals surface area contributed by atoms with Gasteiger partial charge in [0.1, 0.15) is 11.6 Å². The van der Waals surface area contributed by atoms with Crippen molar-refractivity contribution >= 4 is 32.9 Å². The summed E-state index contributed by atoms with van der Waals surface area (Å²) in [5, 5.41) is 9.48. The molecule has 1 aromatic heterocycles. The predicted molar refractivity (Wildman–Crippen MR) is 76.0 cm³/mol. The number of hydrogen-bond acceptors (Lipinski definition) is 2. The second-order valence-corrected chi connectivity index (χ2v) is 6.29. The summed E-state index contributed by atoms with van der Waals surface area (Å²) in [7, 11) is 0. The Morgan fingerprint density at radius 1 is 1.45 bits per heavy atom. The molecule has 1 fully saturated rings. The standard InChI is InChI=1S/C14H14BrFN2O2/c15-8-5-10-11(6-9(8)16)18-12(17-10)7-14(13(19)20)3-1-2-4-14/h5-6H,1-4,7H2,(H,17,18)(H,19,20). The number of carboxylic acids is 1. The van der Waals surface area contributed by atoms with Crippen molar-refractivity contribution in [1.82, 2.24) is 9.97 Å². The third-order valence-electron chi connectivity index (χ3n) is 4.09. The van der Waals surface area contributed by atoms with E-state index in [1.807, 2.05) is 0 Å². The van der Waals surface area contributed by atoms with Crippen LogP contribution in [0.2, 0.25) is 0 Å². The maximum atomic E-state index is 13.5. The lowest BCUT2D eigenvalue weighted by molar-refractivity contribution is -0.148. The van der Waals surface area contributed by atoms with E-state index in [4.69, 9.17) is 0 Å². The van der Waals surface area contributed by atoms with Crippen LogP contribution in [-0.4, -0.2) is 21.0 Å². The number of carboxylic acid groups (broad SMARTS) is 1. The number of imidazole rings is 1. The zero-order valence-electron chi connectivity index (χ0n) is 10.7. The van der Waals surface area contributed by atoms with Crippen LogP contribution >= 0.6 is 15.9 Å². The number of carbonyl (C=O) groups is 1. The van der Waals surface area contributed by atoms with Crippen LogP contribution in [0.4, 0.5) is 4.39 Å². The molecule has 1 aliphatic rings. The number of aromatic nitrogens is 2. The first-order valence-electron chi connectivity index (χ1n) is 6.57. The van der Waals surface area contributed by atoms with Crippen molar-refractivity contribution in [3.05, 3.63) is 28.2 Å². The normalized spacial score (nSPS) is 17.7. The minimum absolute atomic E-state index is 0.358. The summed E-state index contributed by atoms with van der Waals surface area (Å²) in [6.07, 6.45) is 3.60. The number of halogens is 2. The van der Waals surface area contributed by atoms with Gasteiger partial charge >= 0.3 is 5.97 Å². The molecule has 1 aliphatic carbocycles. The van der Waals surface area contributed by atoms with Crippen molar-refractivity contribution < 1.29 is 14.3 Å². The lowest BCUT2D eigenvalue weighted by atomic mass is 9.82. The average molecular weight is 341 g/mol. The van der Waals surface area contributed by atoms with Crippen molar-refractivity contribution in [3.63, 3.8) is 0 Å². The summed E-state index contributed by atoms with van der Waals surface area (Å²) < 4.78 is 13.8. The summed E-state index contributed by atoms with van der Waals surface area (Å²) in [6.45, 7) is 0. The van der Waals surface area contributed by atoms with E-state index in [1.165, 1.54) is 6.07 Å². The zero-order valence-corrected chi connectivity index (χ0v) is 12.3. The summed E-state index contributed by atoms with van der Waals surface area (Å²) >= 11 is 3.12. The van der Waals surface area contributed by atoms with Gasteiger partial charge in [-0.2, -0.15) is 0 Å². The molecular formula is C14H14BrFN2O2. The van der Waals surface area contributed by atoms with E-state index in [-0.39, 0.29) is 5.82 Å². The maximum Gasteiger partial charge on any atom is 0.310 e. The van der Waals surface area contributed by atoms with E-state index in [0.717, 1.165) is 12.8 Å². The van der Waals surface area contributed by atoms with E-state index < -0.39 is 11.4 Å². The van der Waals surface area contributed by atoms with E-state index in [0.29, 0.717) is 40.6 Å². The fourth-order valence-corrected chi connectivity index (χ4v) is 3.31. The Kier molecular flexibility index (Phi) is 3.28. The Labute approximate surface area is 123 Å². The molecule has 6 heteroatoms. The van der Waals surface area contributed by atoms with Crippen LogP contribution in [0.5, 0.6) is 0 Å². The number of nitrogens with zero attached hydrogens (tertiary/aromatic N) is 1. The molecule has 20 heavy (non-hydrogen) atoms. The van der Waals surface area contributed by atoms with Gasteiger partial charge in [0.05, 0.1) is 20.9 Å². The van der Waals surface area contributed by atoms with E-state index in [2.05, 4.69) is 25.9 Å². The molecule has 1 heterocycles. The molecule has 2 N–H and O–H groups in total. The minimum atomic E-state index is -0.761. The fourth-order valence-electron chi connectivity index (χ4n) is 2.98. The molecule has 4 nitrogen and oxygen atoms in total. The molecule has 106 valence electrons. The van der Waals surface area contributed by atoms with Crippen LogP contribution in [0, 0.1) is 11.2 Å². The zero-order chi connectivity index (χ0) is 14.3. The Bertz CT molecular complexity index is 638. The van der Waals surface area contributed by atoms with Crippen LogP contribution in [0.1, 0.15) is 31.5 Å². The number of aromatic amines is 1. The molecule has 3 rings (SSSR count). The molecule has 0 spiro atoms. The third kappa shape index (κ3) is 2.22. The van der Waals surface area contributed by atoms with E-state index >= 15 is 0 Å². The summed E-state index contributed by atoms with van der Waals surface area (Å²) in [4.78, 5) is 19.0. The van der Waals surface area contributed by atoms with Gasteiger partial charge in [0.25, 0.3) is 0 Å². The van der Waals surface area contributed by atoms with Crippen molar-refractivity contribution in [2.24, 2.45) is 5.41 Å². The van der Waals surface area contributed by atoms with Gasteiger partial charge in [-0.15, -0.1) is 0 Å². The molecule has 0 saturated heterocycles. The number of aliphatic carboxylic acids is 1. The second kappa shape index (κ2) is 4.84. The highest BCUT2D eigenvalue weighted by Crippen LogP contribution is 2.41. The van der Waals surface area contributed by atoms with Gasteiger partial charge in [-0.25, -0.2) is 9.37 Å². The quantitative estimate of drug-likeness (QED) is 0.896. The Morgan fingerprint density at radius 2 is 2.15 bits per heavy atom. The number of rotatable bonds is 3. The van der Waals surface area contributed by atoms with Crippen molar-refractivity contribution in [2.75, 3.05) is 0 Å². The average Bonchev–Trinajstić information content (AvgIpc) is 2.98. The molecule has 1 aromatic carbocycles. The third-order valence-corrected chi connectivity index (χ3v) is 4.70. The van der Waals surface area contributed by atoms with Crippen LogP contribution in [0.25, 0.3) is 11.0 Å². The topological polar surface area (TPSA) is 66.0 Å². The first-order chi connectivity index (χ1) is 9.50. The molecule has 0 amide bonds. The summed E-state index contributed by atoms with van der Waals surface area (Å²) in [5.41, 5.74) is 0.523. The smallest absolute Gasteiger partial charge is 0.310 e. The highest BCUT2D eigenvalue weighted by Gasteiger charge is 2.42. The van der Waals surface area contributed by atoms with Gasteiger partial charge in [-0.05, 0) is 34.8 Å². The number of benzene rings is 1. The number of hydrogen-bond donors (Lipinski definition) is 2. The van der Waals surface area contributed by atoms with Crippen molar-refractivity contribution in [3.8, 4) is 0 Å². The van der Waals surface area contributed by atoms with Gasteiger partial charge in [-0.1, -0.05) is 12.8 Å². The summed E-state index contributed by atoms with van der Waals surface area (Å²) in [6, 6.07) is 2.98. The van der Waals surface area contributed by atoms with Gasteiger partial charge in [0.2, 0.25) is 0 Å². The molecule has 2 aromatic rings. The molecule has 0 atom stereocenters. The summed E-state index contributed by atoms with van der Waals surface area (Å²) in [5.74, 6) is -0.508. The molecular weight excluding hydrogens is 327 g/mol. The van der Waals surface area contributed by atoms with Crippen LogP contribution in [0.15, 0.2) is 16.6 Å². The molecule has 0 radical (unpaired) electrons. The molecule has 0 bridgehead atoms. The monoisotopic (exact) mass is 340 g/mol. The Morgan fingerprint density at radius 3 is 2.80 bits per heavy atom. The Balaban J connectivity index is 1.96. The van der Waals surface area contributed by atoms with Gasteiger partial charge < -0.3 is 10.1 Å². The maximum absolute atomic E-state index is 13.5. The van der Waals surface area contributed by atoms with Crippen molar-refractivity contribution in [1.29, 1.82) is 0 Å². The lowest BCUT2D eigenvalue weighted by Gasteiger charge is -2.22. The molecule has 0 unspecified atom stereocenters. The van der Waals surface area contributed by atoms with E-state index in [1.54, 1.807) is 6.07 Å². The molecule has 0 aliphatic heterocycles. The first kappa shape index (κ1) is 13.5. The van der Waals surface area contributed by atoms with Crippen molar-refractivity contribution in [2.45, 2.75) is 32.1 Å². The first-order valence-corrected chi connectivity index (χ1v) is 7.36. The van der Waals surface area contributed by atoms with Gasteiger partial charge in [0, 0.05) is 12.5 Å². The lowest BCUT2D eigenvalue weighted by Crippen LogP contribution is -2.30. The SMILES string of the molecule is O=C(O)C1(Cc2nc3cc(Br)c(F)cc3[nH]2)CCCC1. The minimum Gasteiger partial charge on any atom is -0.481 e. The van der Waals surface area contributed by atoms with Gasteiger partial charge in [-0.3, -0.25) is 4.79 Å². The van der Waals surface area contributed by atoms with Crippen LogP contribution in [0.3, 0.4) is 0 Å². The number of H-pyrrole nitrogens is 1. The Hall–Kier alpha value is -1.43. The molecule has 1 saturated carbocycles.